The third-order valence-electron chi connectivity index (χ3n) is 3.92. The molecular weight excluding hydrogens is 272 g/mol. The maximum atomic E-state index is 12.0. The maximum absolute atomic E-state index is 12.0. The van der Waals surface area contributed by atoms with Gasteiger partial charge in [0.05, 0.1) is 17.8 Å². The van der Waals surface area contributed by atoms with Crippen molar-refractivity contribution in [2.24, 2.45) is 0 Å². The molecule has 1 fully saturated rings. The molecule has 2 N–H and O–H groups in total. The van der Waals surface area contributed by atoms with Crippen LogP contribution in [0.25, 0.3) is 0 Å². The summed E-state index contributed by atoms with van der Waals surface area (Å²) in [4.78, 5) is 22.6. The third kappa shape index (κ3) is 4.54. The van der Waals surface area contributed by atoms with Crippen molar-refractivity contribution in [2.45, 2.75) is 64.5 Å². The largest absolute Gasteiger partial charge is 0.481 e. The van der Waals surface area contributed by atoms with Crippen molar-refractivity contribution in [3.8, 4) is 0 Å². The summed E-state index contributed by atoms with van der Waals surface area (Å²) in [7, 11) is 0. The Bertz CT molecular complexity index is 506. The highest BCUT2D eigenvalue weighted by atomic mass is 16.4. The van der Waals surface area contributed by atoms with Gasteiger partial charge in [0.25, 0.3) is 0 Å². The summed E-state index contributed by atoms with van der Waals surface area (Å²) in [5.41, 5.74) is 1.40. The first-order valence-corrected chi connectivity index (χ1v) is 7.46. The van der Waals surface area contributed by atoms with E-state index in [4.69, 9.17) is 5.11 Å². The van der Waals surface area contributed by atoms with Crippen molar-refractivity contribution in [1.29, 1.82) is 0 Å². The molecule has 0 aliphatic heterocycles. The van der Waals surface area contributed by atoms with Crippen molar-refractivity contribution < 1.29 is 14.7 Å². The van der Waals surface area contributed by atoms with Crippen molar-refractivity contribution in [1.82, 2.24) is 20.3 Å². The predicted octanol–water partition coefficient (Wildman–Crippen LogP) is 1.05. The molecule has 116 valence electrons. The van der Waals surface area contributed by atoms with Crippen LogP contribution in [0.5, 0.6) is 0 Å². The van der Waals surface area contributed by atoms with Gasteiger partial charge in [-0.15, -0.1) is 5.10 Å². The average molecular weight is 294 g/mol. The van der Waals surface area contributed by atoms with Gasteiger partial charge in [-0.1, -0.05) is 24.5 Å². The monoisotopic (exact) mass is 294 g/mol. The first kappa shape index (κ1) is 15.5. The standard InChI is InChI=1S/C14H22N4O3/c1-10-12(7-8-14(20)21)16-17-18(10)9-13(19)15-11-5-3-2-4-6-11/h11H,2-9H2,1H3,(H,15,19)(H,20,21). The minimum Gasteiger partial charge on any atom is -0.481 e. The Hall–Kier alpha value is -1.92. The van der Waals surface area contributed by atoms with E-state index in [2.05, 4.69) is 15.6 Å². The predicted molar refractivity (Wildman–Crippen MR) is 75.7 cm³/mol. The van der Waals surface area contributed by atoms with Crippen molar-refractivity contribution in [3.63, 3.8) is 0 Å². The smallest absolute Gasteiger partial charge is 0.303 e. The number of carbonyl (C=O) groups excluding carboxylic acids is 1. The van der Waals surface area contributed by atoms with E-state index in [0.717, 1.165) is 18.5 Å². The summed E-state index contributed by atoms with van der Waals surface area (Å²) in [5, 5.41) is 19.6. The number of rotatable bonds is 6. The number of carboxylic acid groups (broad SMARTS) is 1. The molecule has 1 aliphatic rings. The van der Waals surface area contributed by atoms with Crippen LogP contribution < -0.4 is 5.32 Å². The molecule has 1 aromatic heterocycles. The Morgan fingerprint density at radius 3 is 2.71 bits per heavy atom. The van der Waals surface area contributed by atoms with Gasteiger partial charge >= 0.3 is 5.97 Å². The first-order chi connectivity index (χ1) is 10.1. The number of amides is 1. The van der Waals surface area contributed by atoms with Crippen LogP contribution in [0, 0.1) is 6.92 Å². The highest BCUT2D eigenvalue weighted by molar-refractivity contribution is 5.76. The maximum Gasteiger partial charge on any atom is 0.303 e. The zero-order valence-electron chi connectivity index (χ0n) is 12.3. The topological polar surface area (TPSA) is 97.1 Å². The summed E-state index contributed by atoms with van der Waals surface area (Å²) in [5.74, 6) is -0.918. The molecule has 2 rings (SSSR count). The molecule has 1 aromatic rings. The quantitative estimate of drug-likeness (QED) is 0.817. The van der Waals surface area contributed by atoms with Gasteiger partial charge in [0.1, 0.15) is 6.54 Å². The second-order valence-electron chi connectivity index (χ2n) is 5.58. The molecule has 7 heteroatoms. The molecule has 0 atom stereocenters. The minimum absolute atomic E-state index is 0.0216. The Balaban J connectivity index is 1.87. The highest BCUT2D eigenvalue weighted by Gasteiger charge is 2.17. The van der Waals surface area contributed by atoms with Crippen molar-refractivity contribution >= 4 is 11.9 Å². The molecule has 1 amide bonds. The van der Waals surface area contributed by atoms with E-state index in [0.29, 0.717) is 12.1 Å². The van der Waals surface area contributed by atoms with Crippen LogP contribution in [0.2, 0.25) is 0 Å². The van der Waals surface area contributed by atoms with Crippen molar-refractivity contribution in [2.75, 3.05) is 0 Å². The van der Waals surface area contributed by atoms with Gasteiger partial charge in [-0.2, -0.15) is 0 Å². The van der Waals surface area contributed by atoms with Crippen LogP contribution in [0.15, 0.2) is 0 Å². The van der Waals surface area contributed by atoms with E-state index >= 15 is 0 Å². The zero-order chi connectivity index (χ0) is 15.2. The lowest BCUT2D eigenvalue weighted by Crippen LogP contribution is -2.38. The molecule has 21 heavy (non-hydrogen) atoms. The van der Waals surface area contributed by atoms with Crippen molar-refractivity contribution in [3.05, 3.63) is 11.4 Å². The Kier molecular flexibility index (Phi) is 5.30. The first-order valence-electron chi connectivity index (χ1n) is 7.46. The third-order valence-corrected chi connectivity index (χ3v) is 3.92. The van der Waals surface area contributed by atoms with Gasteiger partial charge < -0.3 is 10.4 Å². The molecule has 0 unspecified atom stereocenters. The van der Waals surface area contributed by atoms with Gasteiger partial charge in [0.15, 0.2) is 0 Å². The summed E-state index contributed by atoms with van der Waals surface area (Å²) in [6.45, 7) is 1.95. The van der Waals surface area contributed by atoms with Crippen LogP contribution in [-0.4, -0.2) is 38.0 Å². The number of aromatic nitrogens is 3. The van der Waals surface area contributed by atoms with Gasteiger partial charge in [0, 0.05) is 12.5 Å². The Labute approximate surface area is 123 Å². The summed E-state index contributed by atoms with van der Waals surface area (Å²) >= 11 is 0. The van der Waals surface area contributed by atoms with E-state index < -0.39 is 5.97 Å². The zero-order valence-corrected chi connectivity index (χ0v) is 12.3. The fraction of sp³-hybridized carbons (Fsp3) is 0.714. The lowest BCUT2D eigenvalue weighted by molar-refractivity contribution is -0.137. The van der Waals surface area contributed by atoms with E-state index in [9.17, 15) is 9.59 Å². The van der Waals surface area contributed by atoms with Crippen LogP contribution in [0.4, 0.5) is 0 Å². The van der Waals surface area contributed by atoms with Crippen LogP contribution in [-0.2, 0) is 22.6 Å². The number of aliphatic carboxylic acids is 1. The second kappa shape index (κ2) is 7.19. The number of nitrogens with zero attached hydrogens (tertiary/aromatic N) is 3. The molecule has 1 aliphatic carbocycles. The summed E-state index contributed by atoms with van der Waals surface area (Å²) in [6.07, 6.45) is 6.05. The number of carboxylic acids is 1. The van der Waals surface area contributed by atoms with E-state index in [1.165, 1.54) is 23.9 Å². The van der Waals surface area contributed by atoms with Gasteiger partial charge in [0.2, 0.25) is 5.91 Å². The molecule has 0 saturated heterocycles. The Morgan fingerprint density at radius 1 is 1.33 bits per heavy atom. The second-order valence-corrected chi connectivity index (χ2v) is 5.58. The average Bonchev–Trinajstić information content (AvgIpc) is 2.78. The lowest BCUT2D eigenvalue weighted by Gasteiger charge is -2.22. The fourth-order valence-electron chi connectivity index (χ4n) is 2.66. The van der Waals surface area contributed by atoms with Crippen LogP contribution in [0.1, 0.15) is 49.9 Å². The normalized spacial score (nSPS) is 15.9. The molecule has 1 saturated carbocycles. The van der Waals surface area contributed by atoms with Gasteiger partial charge in [-0.3, -0.25) is 9.59 Å². The van der Waals surface area contributed by atoms with E-state index in [1.807, 2.05) is 6.92 Å². The molecule has 7 nitrogen and oxygen atoms in total. The molecule has 1 heterocycles. The molecule has 0 radical (unpaired) electrons. The molecule has 0 bridgehead atoms. The molecule has 0 aromatic carbocycles. The van der Waals surface area contributed by atoms with E-state index in [1.54, 1.807) is 0 Å². The molecular formula is C14H22N4O3. The number of hydrogen-bond acceptors (Lipinski definition) is 4. The van der Waals surface area contributed by atoms with Crippen LogP contribution in [0.3, 0.4) is 0 Å². The van der Waals surface area contributed by atoms with Gasteiger partial charge in [-0.25, -0.2) is 4.68 Å². The summed E-state index contributed by atoms with van der Waals surface area (Å²) in [6, 6.07) is 0.279. The number of nitrogens with one attached hydrogen (secondary N) is 1. The SMILES string of the molecule is Cc1c(CCC(=O)O)nnn1CC(=O)NC1CCCCC1. The van der Waals surface area contributed by atoms with E-state index in [-0.39, 0.29) is 24.9 Å². The Morgan fingerprint density at radius 2 is 2.05 bits per heavy atom. The van der Waals surface area contributed by atoms with Gasteiger partial charge in [-0.05, 0) is 19.8 Å². The lowest BCUT2D eigenvalue weighted by atomic mass is 9.95. The number of carbonyl (C=O) groups is 2. The fourth-order valence-corrected chi connectivity index (χ4v) is 2.66. The number of aryl methyl sites for hydroxylation is 1. The minimum atomic E-state index is -0.862. The summed E-state index contributed by atoms with van der Waals surface area (Å²) < 4.78 is 1.54. The number of hydrogen-bond donors (Lipinski definition) is 2. The highest BCUT2D eigenvalue weighted by Crippen LogP contribution is 2.17. The molecule has 0 spiro atoms. The van der Waals surface area contributed by atoms with Crippen LogP contribution >= 0.6 is 0 Å².